The third kappa shape index (κ3) is 4.41. The molecule has 0 unspecified atom stereocenters. The van der Waals surface area contributed by atoms with Crippen molar-refractivity contribution in [1.29, 1.82) is 0 Å². The summed E-state index contributed by atoms with van der Waals surface area (Å²) in [5.74, 6) is -0.0637. The number of hydrogen-bond donors (Lipinski definition) is 2. The van der Waals surface area contributed by atoms with Crippen LogP contribution in [-0.4, -0.2) is 29.3 Å². The van der Waals surface area contributed by atoms with Gasteiger partial charge in [0.25, 0.3) is 5.91 Å². The Morgan fingerprint density at radius 1 is 1.17 bits per heavy atom. The van der Waals surface area contributed by atoms with E-state index >= 15 is 0 Å². The first-order valence-electron chi connectivity index (χ1n) is 6.97. The fourth-order valence-electron chi connectivity index (χ4n) is 2.08. The van der Waals surface area contributed by atoms with Crippen molar-refractivity contribution in [3.63, 3.8) is 0 Å². The lowest BCUT2D eigenvalue weighted by atomic mass is 10.00. The number of nitrogens with one attached hydrogen (secondary N) is 2. The molecule has 2 N–H and O–H groups in total. The van der Waals surface area contributed by atoms with Gasteiger partial charge in [-0.1, -0.05) is 12.8 Å². The van der Waals surface area contributed by atoms with E-state index in [1.165, 1.54) is 12.8 Å². The molecular formula is C14H24N2O2. The predicted molar refractivity (Wildman–Crippen MR) is 70.2 cm³/mol. The first-order valence-corrected chi connectivity index (χ1v) is 6.97. The van der Waals surface area contributed by atoms with E-state index in [2.05, 4.69) is 10.6 Å². The SMILES string of the molecule is CC(C)(C)N[C@@H](CC1CC1)C(=O)C(=O)NC1CC1. The van der Waals surface area contributed by atoms with Gasteiger partial charge >= 0.3 is 0 Å². The highest BCUT2D eigenvalue weighted by Crippen LogP contribution is 2.34. The minimum absolute atomic E-state index is 0.144. The van der Waals surface area contributed by atoms with Gasteiger partial charge in [0.1, 0.15) is 0 Å². The van der Waals surface area contributed by atoms with Gasteiger partial charge in [0.15, 0.2) is 0 Å². The van der Waals surface area contributed by atoms with Gasteiger partial charge in [0.2, 0.25) is 5.78 Å². The van der Waals surface area contributed by atoms with Gasteiger partial charge in [-0.05, 0) is 46.0 Å². The Hall–Kier alpha value is -0.900. The van der Waals surface area contributed by atoms with Gasteiger partial charge in [0.05, 0.1) is 6.04 Å². The third-order valence-electron chi connectivity index (χ3n) is 3.33. The highest BCUT2D eigenvalue weighted by molar-refractivity contribution is 6.38. The first-order chi connectivity index (χ1) is 8.35. The smallest absolute Gasteiger partial charge is 0.289 e. The van der Waals surface area contributed by atoms with Crippen molar-refractivity contribution in [3.8, 4) is 0 Å². The van der Waals surface area contributed by atoms with Crippen molar-refractivity contribution in [1.82, 2.24) is 10.6 Å². The molecule has 102 valence electrons. The average Bonchev–Trinajstić information content (AvgIpc) is 3.07. The lowest BCUT2D eigenvalue weighted by Crippen LogP contribution is -2.52. The van der Waals surface area contributed by atoms with Crippen LogP contribution in [0.25, 0.3) is 0 Å². The van der Waals surface area contributed by atoms with Gasteiger partial charge in [-0.3, -0.25) is 9.59 Å². The Morgan fingerprint density at radius 3 is 2.22 bits per heavy atom. The summed E-state index contributed by atoms with van der Waals surface area (Å²) in [6.45, 7) is 6.08. The van der Waals surface area contributed by atoms with E-state index in [1.54, 1.807) is 0 Å². The number of carbonyl (C=O) groups is 2. The second-order valence-corrected chi connectivity index (χ2v) is 6.74. The molecular weight excluding hydrogens is 228 g/mol. The molecule has 2 rings (SSSR count). The van der Waals surface area contributed by atoms with Crippen molar-refractivity contribution in [3.05, 3.63) is 0 Å². The molecule has 0 aromatic heterocycles. The molecule has 2 saturated carbocycles. The number of hydrogen-bond acceptors (Lipinski definition) is 3. The fourth-order valence-corrected chi connectivity index (χ4v) is 2.08. The standard InChI is InChI=1S/C14H24N2O2/c1-14(2,3)16-11(8-9-4-5-9)12(17)13(18)15-10-6-7-10/h9-11,16H,4-8H2,1-3H3,(H,15,18)/t11-/m0/s1. The fraction of sp³-hybridized carbons (Fsp3) is 0.857. The molecule has 4 heteroatoms. The van der Waals surface area contributed by atoms with Crippen LogP contribution in [0.15, 0.2) is 0 Å². The molecule has 2 fully saturated rings. The third-order valence-corrected chi connectivity index (χ3v) is 3.33. The van der Waals surface area contributed by atoms with Gasteiger partial charge < -0.3 is 10.6 Å². The molecule has 0 saturated heterocycles. The van der Waals surface area contributed by atoms with E-state index in [0.717, 1.165) is 19.3 Å². The summed E-state index contributed by atoms with van der Waals surface area (Å²) >= 11 is 0. The van der Waals surface area contributed by atoms with Gasteiger partial charge in [-0.2, -0.15) is 0 Å². The van der Waals surface area contributed by atoms with E-state index in [1.807, 2.05) is 20.8 Å². The van der Waals surface area contributed by atoms with Crippen molar-refractivity contribution < 1.29 is 9.59 Å². The molecule has 0 aromatic carbocycles. The maximum atomic E-state index is 12.2. The molecule has 0 aliphatic heterocycles. The van der Waals surface area contributed by atoms with Crippen molar-refractivity contribution in [2.24, 2.45) is 5.92 Å². The van der Waals surface area contributed by atoms with Crippen LogP contribution in [0.1, 0.15) is 52.9 Å². The molecule has 0 bridgehead atoms. The average molecular weight is 252 g/mol. The Bertz CT molecular complexity index is 338. The minimum atomic E-state index is -0.403. The zero-order chi connectivity index (χ0) is 13.3. The van der Waals surface area contributed by atoms with Crippen molar-refractivity contribution in [2.75, 3.05) is 0 Å². The van der Waals surface area contributed by atoms with E-state index in [0.29, 0.717) is 5.92 Å². The van der Waals surface area contributed by atoms with Gasteiger partial charge in [0, 0.05) is 11.6 Å². The first kappa shape index (κ1) is 13.5. The summed E-state index contributed by atoms with van der Waals surface area (Å²) in [6.07, 6.45) is 5.21. The normalized spacial score (nSPS) is 21.5. The summed E-state index contributed by atoms with van der Waals surface area (Å²) in [5, 5.41) is 6.08. The zero-order valence-corrected chi connectivity index (χ0v) is 11.6. The van der Waals surface area contributed by atoms with Crippen LogP contribution < -0.4 is 10.6 Å². The van der Waals surface area contributed by atoms with Gasteiger partial charge in [-0.15, -0.1) is 0 Å². The topological polar surface area (TPSA) is 58.2 Å². The van der Waals surface area contributed by atoms with Crippen LogP contribution in [0.3, 0.4) is 0 Å². The monoisotopic (exact) mass is 252 g/mol. The maximum absolute atomic E-state index is 12.2. The lowest BCUT2D eigenvalue weighted by Gasteiger charge is -2.27. The summed E-state index contributed by atoms with van der Waals surface area (Å²) in [6, 6.07) is -0.0751. The molecule has 0 spiro atoms. The lowest BCUT2D eigenvalue weighted by molar-refractivity contribution is -0.139. The second-order valence-electron chi connectivity index (χ2n) is 6.74. The van der Waals surface area contributed by atoms with Crippen LogP contribution in [0.5, 0.6) is 0 Å². The van der Waals surface area contributed by atoms with E-state index in [4.69, 9.17) is 0 Å². The zero-order valence-electron chi connectivity index (χ0n) is 11.6. The summed E-state index contributed by atoms with van der Waals surface area (Å²) in [4.78, 5) is 24.0. The molecule has 0 aromatic rings. The molecule has 0 heterocycles. The van der Waals surface area contributed by atoms with E-state index in [-0.39, 0.29) is 23.4 Å². The number of rotatable bonds is 6. The molecule has 2 aliphatic rings. The highest BCUT2D eigenvalue weighted by atomic mass is 16.2. The number of ketones is 1. The Labute approximate surface area is 109 Å². The maximum Gasteiger partial charge on any atom is 0.289 e. The number of carbonyl (C=O) groups excluding carboxylic acids is 2. The van der Waals surface area contributed by atoms with Crippen LogP contribution in [0, 0.1) is 5.92 Å². The Balaban J connectivity index is 1.92. The quantitative estimate of drug-likeness (QED) is 0.702. The van der Waals surface area contributed by atoms with Crippen LogP contribution >= 0.6 is 0 Å². The largest absolute Gasteiger partial charge is 0.347 e. The molecule has 1 amide bonds. The van der Waals surface area contributed by atoms with Crippen LogP contribution in [-0.2, 0) is 9.59 Å². The minimum Gasteiger partial charge on any atom is -0.347 e. The molecule has 18 heavy (non-hydrogen) atoms. The molecule has 1 atom stereocenters. The van der Waals surface area contributed by atoms with Crippen molar-refractivity contribution in [2.45, 2.75) is 70.5 Å². The second kappa shape index (κ2) is 5.00. The summed E-state index contributed by atoms with van der Waals surface area (Å²) in [7, 11) is 0. The summed E-state index contributed by atoms with van der Waals surface area (Å²) in [5.41, 5.74) is -0.144. The highest BCUT2D eigenvalue weighted by Gasteiger charge is 2.35. The summed E-state index contributed by atoms with van der Waals surface area (Å²) < 4.78 is 0. The van der Waals surface area contributed by atoms with E-state index in [9.17, 15) is 9.59 Å². The molecule has 2 aliphatic carbocycles. The van der Waals surface area contributed by atoms with Crippen LogP contribution in [0.4, 0.5) is 0 Å². The van der Waals surface area contributed by atoms with Gasteiger partial charge in [-0.25, -0.2) is 0 Å². The van der Waals surface area contributed by atoms with Crippen molar-refractivity contribution >= 4 is 11.7 Å². The Morgan fingerprint density at radius 2 is 1.78 bits per heavy atom. The number of Topliss-reactive ketones (excluding diaryl/α,β-unsaturated/α-hetero) is 1. The van der Waals surface area contributed by atoms with Crippen LogP contribution in [0.2, 0.25) is 0 Å². The number of amides is 1. The Kier molecular flexibility index (Phi) is 3.76. The van der Waals surface area contributed by atoms with E-state index < -0.39 is 5.91 Å². The molecule has 0 radical (unpaired) electrons. The predicted octanol–water partition coefficient (Wildman–Crippen LogP) is 1.39. The molecule has 4 nitrogen and oxygen atoms in total.